The molecule has 0 radical (unpaired) electrons. The number of hydrogen-bond acceptors (Lipinski definition) is 4. The molecule has 1 heterocycles. The minimum absolute atomic E-state index is 0.354. The van der Waals surface area contributed by atoms with Crippen LogP contribution in [0.4, 0.5) is 0 Å². The lowest BCUT2D eigenvalue weighted by molar-refractivity contribution is 0.136. The minimum atomic E-state index is 0.354. The summed E-state index contributed by atoms with van der Waals surface area (Å²) in [6.07, 6.45) is 1.72. The first kappa shape index (κ1) is 16.0. The van der Waals surface area contributed by atoms with E-state index in [-0.39, 0.29) is 0 Å². The number of nitrogens with zero attached hydrogens (tertiary/aromatic N) is 2. The van der Waals surface area contributed by atoms with Gasteiger partial charge in [0.05, 0.1) is 6.61 Å². The van der Waals surface area contributed by atoms with E-state index in [1.807, 2.05) is 12.1 Å². The lowest BCUT2D eigenvalue weighted by Crippen LogP contribution is -2.31. The van der Waals surface area contributed by atoms with E-state index < -0.39 is 0 Å². The van der Waals surface area contributed by atoms with Gasteiger partial charge in [-0.2, -0.15) is 0 Å². The molecule has 0 saturated carbocycles. The predicted octanol–water partition coefficient (Wildman–Crippen LogP) is 1.82. The summed E-state index contributed by atoms with van der Waals surface area (Å²) in [5, 5.41) is 0. The second kappa shape index (κ2) is 8.19. The highest BCUT2D eigenvalue weighted by Gasteiger charge is 2.12. The van der Waals surface area contributed by atoms with Gasteiger partial charge in [-0.25, -0.2) is 0 Å². The summed E-state index contributed by atoms with van der Waals surface area (Å²) in [5.41, 5.74) is 7.52. The van der Waals surface area contributed by atoms with Crippen LogP contribution in [0.2, 0.25) is 0 Å². The first-order chi connectivity index (χ1) is 9.04. The molecular formula is C14H23N3OS. The first-order valence-electron chi connectivity index (χ1n) is 6.49. The molecule has 0 unspecified atom stereocenters. The van der Waals surface area contributed by atoms with Crippen molar-refractivity contribution in [1.82, 2.24) is 9.88 Å². The van der Waals surface area contributed by atoms with E-state index in [4.69, 9.17) is 22.7 Å². The third-order valence-electron chi connectivity index (χ3n) is 2.75. The quantitative estimate of drug-likeness (QED) is 0.737. The summed E-state index contributed by atoms with van der Waals surface area (Å²) in [7, 11) is 1.72. The maximum Gasteiger partial charge on any atom is 0.123 e. The molecule has 0 fully saturated rings. The fourth-order valence-electron chi connectivity index (χ4n) is 2.00. The average Bonchev–Trinajstić information content (AvgIpc) is 2.35. The normalized spacial score (nSPS) is 11.2. The molecule has 1 aromatic rings. The molecule has 0 spiro atoms. The smallest absolute Gasteiger partial charge is 0.123 e. The standard InChI is InChI=1S/C14H23N3OS/c1-11(2)9-17(7-8-18-3)10-12-5-4-6-16-13(12)14(15)19/h4-6,11H,7-10H2,1-3H3,(H2,15,19). The van der Waals surface area contributed by atoms with E-state index in [0.29, 0.717) is 10.9 Å². The second-order valence-electron chi connectivity index (χ2n) is 5.00. The Bertz CT molecular complexity index is 409. The van der Waals surface area contributed by atoms with Gasteiger partial charge in [0.15, 0.2) is 0 Å². The number of aromatic nitrogens is 1. The third kappa shape index (κ3) is 5.63. The molecule has 1 rings (SSSR count). The number of ether oxygens (including phenoxy) is 1. The van der Waals surface area contributed by atoms with Gasteiger partial charge in [-0.15, -0.1) is 0 Å². The largest absolute Gasteiger partial charge is 0.388 e. The van der Waals surface area contributed by atoms with Crippen LogP contribution < -0.4 is 5.73 Å². The second-order valence-corrected chi connectivity index (χ2v) is 5.44. The van der Waals surface area contributed by atoms with Crippen LogP contribution >= 0.6 is 12.2 Å². The summed E-state index contributed by atoms with van der Waals surface area (Å²) in [6.45, 7) is 7.82. The van der Waals surface area contributed by atoms with Gasteiger partial charge in [-0.05, 0) is 17.5 Å². The monoisotopic (exact) mass is 281 g/mol. The van der Waals surface area contributed by atoms with Crippen molar-refractivity contribution in [2.24, 2.45) is 11.7 Å². The van der Waals surface area contributed by atoms with Crippen molar-refractivity contribution in [3.8, 4) is 0 Å². The van der Waals surface area contributed by atoms with Gasteiger partial charge in [-0.1, -0.05) is 32.1 Å². The van der Waals surface area contributed by atoms with Crippen LogP contribution in [0.15, 0.2) is 18.3 Å². The van der Waals surface area contributed by atoms with E-state index in [1.54, 1.807) is 13.3 Å². The third-order valence-corrected chi connectivity index (χ3v) is 2.95. The fraction of sp³-hybridized carbons (Fsp3) is 0.571. The topological polar surface area (TPSA) is 51.4 Å². The molecule has 5 heteroatoms. The number of rotatable bonds is 8. The van der Waals surface area contributed by atoms with Gasteiger partial charge < -0.3 is 10.5 Å². The molecule has 0 bridgehead atoms. The Morgan fingerprint density at radius 2 is 2.26 bits per heavy atom. The van der Waals surface area contributed by atoms with Crippen molar-refractivity contribution < 1.29 is 4.74 Å². The zero-order valence-corrected chi connectivity index (χ0v) is 12.7. The van der Waals surface area contributed by atoms with Crippen LogP contribution in [-0.2, 0) is 11.3 Å². The van der Waals surface area contributed by atoms with E-state index in [2.05, 4.69) is 23.7 Å². The molecule has 2 N–H and O–H groups in total. The molecule has 4 nitrogen and oxygen atoms in total. The van der Waals surface area contributed by atoms with Gasteiger partial charge in [-0.3, -0.25) is 9.88 Å². The minimum Gasteiger partial charge on any atom is -0.388 e. The number of pyridine rings is 1. The van der Waals surface area contributed by atoms with Crippen molar-refractivity contribution in [1.29, 1.82) is 0 Å². The number of hydrogen-bond donors (Lipinski definition) is 1. The molecule has 0 aliphatic rings. The Balaban J connectivity index is 2.80. The van der Waals surface area contributed by atoms with Crippen LogP contribution in [0.25, 0.3) is 0 Å². The van der Waals surface area contributed by atoms with E-state index in [0.717, 1.165) is 37.5 Å². The molecule has 1 aromatic heterocycles. The Morgan fingerprint density at radius 3 is 2.84 bits per heavy atom. The fourth-order valence-corrected chi connectivity index (χ4v) is 2.18. The molecule has 19 heavy (non-hydrogen) atoms. The summed E-state index contributed by atoms with van der Waals surface area (Å²) in [4.78, 5) is 6.96. The molecule has 0 atom stereocenters. The van der Waals surface area contributed by atoms with Crippen molar-refractivity contribution in [3.05, 3.63) is 29.6 Å². The van der Waals surface area contributed by atoms with Gasteiger partial charge in [0.2, 0.25) is 0 Å². The molecule has 0 aliphatic carbocycles. The van der Waals surface area contributed by atoms with Crippen LogP contribution in [0.5, 0.6) is 0 Å². The van der Waals surface area contributed by atoms with Crippen molar-refractivity contribution in [2.75, 3.05) is 26.8 Å². The molecule has 106 valence electrons. The Labute approximate surface area is 121 Å². The summed E-state index contributed by atoms with van der Waals surface area (Å²) in [5.74, 6) is 0.599. The average molecular weight is 281 g/mol. The van der Waals surface area contributed by atoms with Crippen LogP contribution in [-0.4, -0.2) is 41.7 Å². The van der Waals surface area contributed by atoms with E-state index in [1.165, 1.54) is 0 Å². The predicted molar refractivity (Wildman–Crippen MR) is 82.1 cm³/mol. The SMILES string of the molecule is COCCN(Cc1cccnc1C(N)=S)CC(C)C. The van der Waals surface area contributed by atoms with E-state index in [9.17, 15) is 0 Å². The van der Waals surface area contributed by atoms with Crippen molar-refractivity contribution in [3.63, 3.8) is 0 Å². The lowest BCUT2D eigenvalue weighted by atomic mass is 10.1. The highest BCUT2D eigenvalue weighted by Crippen LogP contribution is 2.11. The molecule has 0 aliphatic heterocycles. The lowest BCUT2D eigenvalue weighted by Gasteiger charge is -2.24. The summed E-state index contributed by atoms with van der Waals surface area (Å²) < 4.78 is 5.16. The molecule has 0 saturated heterocycles. The molecule has 0 amide bonds. The van der Waals surface area contributed by atoms with Crippen LogP contribution in [0.3, 0.4) is 0 Å². The van der Waals surface area contributed by atoms with Crippen LogP contribution in [0.1, 0.15) is 25.1 Å². The van der Waals surface area contributed by atoms with Crippen molar-refractivity contribution in [2.45, 2.75) is 20.4 Å². The highest BCUT2D eigenvalue weighted by molar-refractivity contribution is 7.80. The number of nitrogens with two attached hydrogens (primary N) is 1. The highest BCUT2D eigenvalue weighted by atomic mass is 32.1. The van der Waals surface area contributed by atoms with Crippen LogP contribution in [0, 0.1) is 5.92 Å². The van der Waals surface area contributed by atoms with E-state index >= 15 is 0 Å². The Morgan fingerprint density at radius 1 is 1.53 bits per heavy atom. The maximum atomic E-state index is 5.72. The zero-order valence-electron chi connectivity index (χ0n) is 11.9. The number of methoxy groups -OCH3 is 1. The Hall–Kier alpha value is -1.04. The summed E-state index contributed by atoms with van der Waals surface area (Å²) in [6, 6.07) is 3.95. The van der Waals surface area contributed by atoms with Crippen molar-refractivity contribution >= 4 is 17.2 Å². The zero-order chi connectivity index (χ0) is 14.3. The number of thiocarbonyl (C=S) groups is 1. The van der Waals surface area contributed by atoms with Gasteiger partial charge >= 0.3 is 0 Å². The summed E-state index contributed by atoms with van der Waals surface area (Å²) >= 11 is 5.05. The van der Waals surface area contributed by atoms with Gasteiger partial charge in [0.1, 0.15) is 10.7 Å². The maximum absolute atomic E-state index is 5.72. The van der Waals surface area contributed by atoms with Gasteiger partial charge in [0, 0.05) is 32.9 Å². The molecule has 0 aromatic carbocycles. The Kier molecular flexibility index (Phi) is 6.91. The molecular weight excluding hydrogens is 258 g/mol. The first-order valence-corrected chi connectivity index (χ1v) is 6.90. The van der Waals surface area contributed by atoms with Gasteiger partial charge in [0.25, 0.3) is 0 Å².